The Morgan fingerprint density at radius 2 is 0.400 bits per heavy atom. The van der Waals surface area contributed by atoms with Gasteiger partial charge in [0.25, 0.3) is 0 Å². The molecule has 4 heterocycles. The van der Waals surface area contributed by atoms with Gasteiger partial charge in [0.05, 0.1) is 44.1 Å². The van der Waals surface area contributed by atoms with Crippen LogP contribution >= 0.6 is 0 Å². The molecule has 0 N–H and O–H groups in total. The van der Waals surface area contributed by atoms with E-state index in [0.717, 1.165) is 77.5 Å². The molecule has 4 nitrogen and oxygen atoms in total. The molecule has 0 fully saturated rings. The fraction of sp³-hybridized carbons (Fsp3) is 0.286. The summed E-state index contributed by atoms with van der Waals surface area (Å²) in [7, 11) is 0. The number of aromatic nitrogens is 4. The Bertz CT molecular complexity index is 3050. The molecule has 13 rings (SSSR count). The van der Waals surface area contributed by atoms with E-state index >= 15 is 0 Å². The molecule has 13 aromatic rings. The lowest BCUT2D eigenvalue weighted by molar-refractivity contribution is 0.665. The van der Waals surface area contributed by atoms with Crippen LogP contribution in [-0.2, 0) is 26.2 Å². The highest BCUT2D eigenvalue weighted by Gasteiger charge is 2.34. The molecule has 0 bridgehead atoms. The molecule has 0 saturated heterocycles. The molecule has 0 unspecified atom stereocenters. The van der Waals surface area contributed by atoms with Gasteiger partial charge in [-0.2, -0.15) is 0 Å². The van der Waals surface area contributed by atoms with Crippen molar-refractivity contribution in [1.82, 2.24) is 18.3 Å². The predicted molar refractivity (Wildman–Crippen MR) is 262 cm³/mol. The minimum Gasteiger partial charge on any atom is -0.339 e. The molecule has 0 aliphatic carbocycles. The summed E-state index contributed by atoms with van der Waals surface area (Å²) in [5.74, 6) is 0. The number of aryl methyl sites for hydroxylation is 4. The summed E-state index contributed by atoms with van der Waals surface area (Å²) in [5, 5.41) is 22.9. The number of nitrogens with zero attached hydrogens (tertiary/aromatic N) is 4. The van der Waals surface area contributed by atoms with Crippen molar-refractivity contribution >= 4 is 130 Å². The Balaban J connectivity index is 1.51. The summed E-state index contributed by atoms with van der Waals surface area (Å²) in [6.07, 6.45) is 9.17. The van der Waals surface area contributed by atoms with Crippen molar-refractivity contribution in [2.75, 3.05) is 0 Å². The van der Waals surface area contributed by atoms with Crippen molar-refractivity contribution < 1.29 is 0 Å². The summed E-state index contributed by atoms with van der Waals surface area (Å²) >= 11 is 0. The van der Waals surface area contributed by atoms with Crippen molar-refractivity contribution in [2.24, 2.45) is 0 Å². The summed E-state index contributed by atoms with van der Waals surface area (Å²) in [6, 6.07) is 37.9. The molecule has 9 aromatic carbocycles. The lowest BCUT2D eigenvalue weighted by atomic mass is 9.89. The smallest absolute Gasteiger partial charge is 0.0579 e. The third-order valence-corrected chi connectivity index (χ3v) is 14.7. The maximum atomic E-state index is 2.80. The molecule has 60 heavy (non-hydrogen) atoms. The van der Waals surface area contributed by atoms with Gasteiger partial charge in [-0.3, -0.25) is 0 Å². The van der Waals surface area contributed by atoms with Crippen LogP contribution in [0.3, 0.4) is 0 Å². The second-order valence-corrected chi connectivity index (χ2v) is 18.0. The predicted octanol–water partition coefficient (Wildman–Crippen LogP) is 16.2. The summed E-state index contributed by atoms with van der Waals surface area (Å²) in [5.41, 5.74) is 11.4. The van der Waals surface area contributed by atoms with Gasteiger partial charge in [0.2, 0.25) is 0 Å². The van der Waals surface area contributed by atoms with Crippen molar-refractivity contribution in [2.45, 2.75) is 105 Å². The molecule has 0 aliphatic rings. The third-order valence-electron chi connectivity index (χ3n) is 14.7. The second kappa shape index (κ2) is 12.8. The van der Waals surface area contributed by atoms with Crippen molar-refractivity contribution in [3.63, 3.8) is 0 Å². The Kier molecular flexibility index (Phi) is 7.40. The first-order valence-corrected chi connectivity index (χ1v) is 23.2. The lowest BCUT2D eigenvalue weighted by Crippen LogP contribution is -2.02. The Morgan fingerprint density at radius 1 is 0.250 bits per heavy atom. The molecular weight excluding hydrogens is 729 g/mol. The van der Waals surface area contributed by atoms with Crippen LogP contribution in [-0.4, -0.2) is 18.3 Å². The van der Waals surface area contributed by atoms with Crippen molar-refractivity contribution in [3.05, 3.63) is 97.1 Å². The van der Waals surface area contributed by atoms with E-state index in [4.69, 9.17) is 0 Å². The Labute approximate surface area is 349 Å². The van der Waals surface area contributed by atoms with Gasteiger partial charge in [0.15, 0.2) is 0 Å². The third kappa shape index (κ3) is 4.08. The first kappa shape index (κ1) is 34.8. The van der Waals surface area contributed by atoms with Gasteiger partial charge in [0.1, 0.15) is 0 Å². The minimum absolute atomic E-state index is 0.997. The van der Waals surface area contributed by atoms with Crippen LogP contribution in [0, 0.1) is 0 Å². The van der Waals surface area contributed by atoms with E-state index in [0.29, 0.717) is 0 Å². The van der Waals surface area contributed by atoms with E-state index in [1.54, 1.807) is 0 Å². The molecule has 0 radical (unpaired) electrons. The average Bonchev–Trinajstić information content (AvgIpc) is 4.01. The molecule has 0 amide bonds. The summed E-state index contributed by atoms with van der Waals surface area (Å²) < 4.78 is 11.2. The van der Waals surface area contributed by atoms with Crippen LogP contribution in [0.25, 0.3) is 130 Å². The average molecular weight is 781 g/mol. The van der Waals surface area contributed by atoms with E-state index < -0.39 is 0 Å². The molecule has 0 spiro atoms. The number of hydrogen-bond donors (Lipinski definition) is 0. The van der Waals surface area contributed by atoms with Gasteiger partial charge in [-0.15, -0.1) is 0 Å². The number of fused-ring (bicyclic) bond motifs is 12. The standard InChI is InChI=1S/C56H52N4/c1-5-9-29-57-49-33-21-13-15-23-35(33)51-43-41(49)42-44-46-48-47-45(43)53(58(51)30-10-6-2)37-25-17-19-27-39(37)55(47)60(32-12-8-4)56(48)40-28-20-18-26-38(40)54(46)59(31-11-7-3)52(44)36-24-16-14-22-34(36)50(42)57/h13-28H,5-12,29-32H2,1-4H3. The molecule has 0 aliphatic heterocycles. The van der Waals surface area contributed by atoms with Crippen LogP contribution in [0.15, 0.2) is 97.1 Å². The largest absolute Gasteiger partial charge is 0.339 e. The molecule has 4 heteroatoms. The molecule has 296 valence electrons. The zero-order chi connectivity index (χ0) is 40.0. The molecule has 0 saturated carbocycles. The summed E-state index contributed by atoms with van der Waals surface area (Å²) in [6.45, 7) is 13.4. The van der Waals surface area contributed by atoms with Gasteiger partial charge >= 0.3 is 0 Å². The summed E-state index contributed by atoms with van der Waals surface area (Å²) in [4.78, 5) is 0. The number of unbranched alkanes of at least 4 members (excludes halogenated alkanes) is 4. The van der Waals surface area contributed by atoms with E-state index in [9.17, 15) is 0 Å². The number of hydrogen-bond acceptors (Lipinski definition) is 0. The highest BCUT2D eigenvalue weighted by molar-refractivity contribution is 6.54. The second-order valence-electron chi connectivity index (χ2n) is 18.0. The van der Waals surface area contributed by atoms with Gasteiger partial charge in [0, 0.05) is 112 Å². The zero-order valence-electron chi connectivity index (χ0n) is 35.5. The van der Waals surface area contributed by atoms with Gasteiger partial charge in [-0.1, -0.05) is 150 Å². The van der Waals surface area contributed by atoms with Crippen LogP contribution in [0.5, 0.6) is 0 Å². The van der Waals surface area contributed by atoms with Crippen LogP contribution in [0.2, 0.25) is 0 Å². The van der Waals surface area contributed by atoms with Crippen LogP contribution in [0.4, 0.5) is 0 Å². The van der Waals surface area contributed by atoms with Gasteiger partial charge < -0.3 is 18.3 Å². The Hall–Kier alpha value is -6.00. The van der Waals surface area contributed by atoms with Crippen LogP contribution < -0.4 is 0 Å². The van der Waals surface area contributed by atoms with Crippen LogP contribution in [0.1, 0.15) is 79.1 Å². The topological polar surface area (TPSA) is 19.7 Å². The highest BCUT2D eigenvalue weighted by Crippen LogP contribution is 2.58. The first-order valence-electron chi connectivity index (χ1n) is 23.2. The quantitative estimate of drug-likeness (QED) is 0.118. The minimum atomic E-state index is 0.997. The maximum absolute atomic E-state index is 2.80. The lowest BCUT2D eigenvalue weighted by Gasteiger charge is -2.15. The van der Waals surface area contributed by atoms with Crippen molar-refractivity contribution in [1.29, 1.82) is 0 Å². The first-order chi connectivity index (χ1) is 29.7. The van der Waals surface area contributed by atoms with Crippen molar-refractivity contribution in [3.8, 4) is 0 Å². The number of rotatable bonds is 12. The van der Waals surface area contributed by atoms with E-state index in [2.05, 4.69) is 143 Å². The zero-order valence-corrected chi connectivity index (χ0v) is 35.5. The van der Waals surface area contributed by atoms with Gasteiger partial charge in [-0.25, -0.2) is 0 Å². The van der Waals surface area contributed by atoms with E-state index in [-0.39, 0.29) is 0 Å². The fourth-order valence-electron chi connectivity index (χ4n) is 12.4. The highest BCUT2D eigenvalue weighted by atomic mass is 15.0. The SMILES string of the molecule is CCCCn1c2c3ccccc3c3c4c2c2c5c6c7c8c4c(c4ccccc4c8n(CCCC)c7c4ccccc4c6n(CCCC)c5c4ccccc4c21)n3CCCC. The van der Waals surface area contributed by atoms with Gasteiger partial charge in [-0.05, 0) is 25.7 Å². The molecule has 0 atom stereocenters. The molecular formula is C56H52N4. The van der Waals surface area contributed by atoms with E-state index in [1.807, 2.05) is 0 Å². The fourth-order valence-corrected chi connectivity index (χ4v) is 12.4. The normalized spacial score (nSPS) is 13.1. The maximum Gasteiger partial charge on any atom is 0.0579 e. The van der Waals surface area contributed by atoms with E-state index in [1.165, 1.54) is 130 Å². The molecule has 4 aromatic heterocycles. The Morgan fingerprint density at radius 3 is 0.533 bits per heavy atom. The number of benzene rings is 8. The monoisotopic (exact) mass is 780 g/mol.